The van der Waals surface area contributed by atoms with Crippen LogP contribution in [0.2, 0.25) is 0 Å². The molecule has 1 rings (SSSR count). The van der Waals surface area contributed by atoms with Crippen LogP contribution < -0.4 is 5.32 Å². The maximum absolute atomic E-state index is 9.59. The Morgan fingerprint density at radius 1 is 1.00 bits per heavy atom. The van der Waals surface area contributed by atoms with Crippen molar-refractivity contribution < 1.29 is 0 Å². The van der Waals surface area contributed by atoms with Crippen molar-refractivity contribution in [1.82, 2.24) is 5.32 Å². The van der Waals surface area contributed by atoms with Gasteiger partial charge in [-0.3, -0.25) is 5.32 Å². The van der Waals surface area contributed by atoms with Crippen molar-refractivity contribution in [3.05, 3.63) is 10.4 Å². The number of azide groups is 1. The van der Waals surface area contributed by atoms with Gasteiger partial charge in [0.1, 0.15) is 5.54 Å². The lowest BCUT2D eigenvalue weighted by Gasteiger charge is -2.28. The van der Waals surface area contributed by atoms with Crippen LogP contribution in [0, 0.1) is 11.3 Å². The first-order chi connectivity index (χ1) is 9.83. The SMILES string of the molecule is N#CC1(NCCN=[N+]=[N-])CCCCCCCCCCC1. The average Bonchev–Trinajstić information content (AvgIpc) is 2.46. The van der Waals surface area contributed by atoms with Gasteiger partial charge in [-0.2, -0.15) is 5.26 Å². The molecule has 0 bridgehead atoms. The van der Waals surface area contributed by atoms with E-state index < -0.39 is 5.54 Å². The van der Waals surface area contributed by atoms with Crippen LogP contribution in [0.15, 0.2) is 5.11 Å². The highest BCUT2D eigenvalue weighted by Gasteiger charge is 2.28. The van der Waals surface area contributed by atoms with Crippen LogP contribution in [0.5, 0.6) is 0 Å². The number of nitriles is 1. The lowest BCUT2D eigenvalue weighted by molar-refractivity contribution is 0.333. The van der Waals surface area contributed by atoms with E-state index in [1.807, 2.05) is 0 Å². The van der Waals surface area contributed by atoms with Gasteiger partial charge in [0.2, 0.25) is 0 Å². The van der Waals surface area contributed by atoms with Crippen molar-refractivity contribution >= 4 is 0 Å². The molecule has 0 unspecified atom stereocenters. The van der Waals surface area contributed by atoms with Crippen LogP contribution in [0.1, 0.15) is 70.6 Å². The van der Waals surface area contributed by atoms with E-state index >= 15 is 0 Å². The molecule has 0 aromatic rings. The summed E-state index contributed by atoms with van der Waals surface area (Å²) in [5.41, 5.74) is 7.89. The molecule has 112 valence electrons. The third-order valence-electron chi connectivity index (χ3n) is 4.16. The average molecular weight is 277 g/mol. The highest BCUT2D eigenvalue weighted by molar-refractivity contribution is 5.07. The Hall–Kier alpha value is -1.24. The molecule has 1 N–H and O–H groups in total. The van der Waals surface area contributed by atoms with Crippen LogP contribution in [-0.4, -0.2) is 18.6 Å². The Kier molecular flexibility index (Phi) is 8.86. The van der Waals surface area contributed by atoms with Gasteiger partial charge < -0.3 is 0 Å². The molecular weight excluding hydrogens is 250 g/mol. The molecule has 5 heteroatoms. The summed E-state index contributed by atoms with van der Waals surface area (Å²) in [6.07, 6.45) is 13.1. The second kappa shape index (κ2) is 10.5. The Morgan fingerprint density at radius 3 is 1.95 bits per heavy atom. The fraction of sp³-hybridized carbons (Fsp3) is 0.933. The molecule has 0 saturated heterocycles. The fourth-order valence-electron chi connectivity index (χ4n) is 2.93. The molecule has 0 spiro atoms. The fourth-order valence-corrected chi connectivity index (χ4v) is 2.93. The smallest absolute Gasteiger partial charge is 0.106 e. The van der Waals surface area contributed by atoms with Gasteiger partial charge in [0.25, 0.3) is 0 Å². The molecule has 0 atom stereocenters. The normalized spacial score (nSPS) is 20.8. The second-order valence-electron chi connectivity index (χ2n) is 5.76. The van der Waals surface area contributed by atoms with E-state index in [-0.39, 0.29) is 0 Å². The van der Waals surface area contributed by atoms with E-state index in [4.69, 9.17) is 5.53 Å². The Labute approximate surface area is 122 Å². The van der Waals surface area contributed by atoms with Gasteiger partial charge in [0, 0.05) is 18.0 Å². The first-order valence-electron chi connectivity index (χ1n) is 8.00. The number of hydrogen-bond donors (Lipinski definition) is 1. The molecule has 0 aromatic heterocycles. The lowest BCUT2D eigenvalue weighted by atomic mass is 9.86. The maximum Gasteiger partial charge on any atom is 0.106 e. The summed E-state index contributed by atoms with van der Waals surface area (Å²) in [4.78, 5) is 2.75. The van der Waals surface area contributed by atoms with Crippen molar-refractivity contribution in [1.29, 1.82) is 5.26 Å². The number of nitrogens with zero attached hydrogens (tertiary/aromatic N) is 4. The summed E-state index contributed by atoms with van der Waals surface area (Å²) in [7, 11) is 0. The molecule has 1 aliphatic rings. The molecule has 0 aliphatic heterocycles. The van der Waals surface area contributed by atoms with Gasteiger partial charge in [-0.05, 0) is 18.4 Å². The van der Waals surface area contributed by atoms with Crippen molar-refractivity contribution in [3.63, 3.8) is 0 Å². The van der Waals surface area contributed by atoms with E-state index in [0.29, 0.717) is 13.1 Å². The largest absolute Gasteiger partial charge is 0.299 e. The molecule has 0 heterocycles. The Bertz CT molecular complexity index is 329. The van der Waals surface area contributed by atoms with Gasteiger partial charge in [-0.1, -0.05) is 62.9 Å². The molecule has 0 radical (unpaired) electrons. The quantitative estimate of drug-likeness (QED) is 0.356. The van der Waals surface area contributed by atoms with Crippen molar-refractivity contribution in [3.8, 4) is 6.07 Å². The zero-order valence-electron chi connectivity index (χ0n) is 12.5. The van der Waals surface area contributed by atoms with Crippen molar-refractivity contribution in [2.24, 2.45) is 5.11 Å². The molecule has 5 nitrogen and oxygen atoms in total. The molecule has 20 heavy (non-hydrogen) atoms. The van der Waals surface area contributed by atoms with Crippen LogP contribution >= 0.6 is 0 Å². The molecule has 0 amide bonds. The molecular formula is C15H27N5. The summed E-state index contributed by atoms with van der Waals surface area (Å²) in [5.74, 6) is 0. The van der Waals surface area contributed by atoms with Gasteiger partial charge in [-0.15, -0.1) is 0 Å². The minimum absolute atomic E-state index is 0.413. The van der Waals surface area contributed by atoms with Crippen LogP contribution in [0.4, 0.5) is 0 Å². The van der Waals surface area contributed by atoms with Gasteiger partial charge in [-0.25, -0.2) is 0 Å². The van der Waals surface area contributed by atoms with Crippen molar-refractivity contribution in [2.75, 3.05) is 13.1 Å². The third-order valence-corrected chi connectivity index (χ3v) is 4.16. The number of nitrogens with one attached hydrogen (secondary N) is 1. The summed E-state index contributed by atoms with van der Waals surface area (Å²) in [6, 6.07) is 2.50. The first kappa shape index (κ1) is 16.8. The lowest BCUT2D eigenvalue weighted by Crippen LogP contribution is -2.45. The molecule has 1 aliphatic carbocycles. The summed E-state index contributed by atoms with van der Waals surface area (Å²) < 4.78 is 0. The topological polar surface area (TPSA) is 84.6 Å². The summed E-state index contributed by atoms with van der Waals surface area (Å²) in [6.45, 7) is 1.01. The van der Waals surface area contributed by atoms with E-state index in [1.54, 1.807) is 0 Å². The zero-order valence-corrected chi connectivity index (χ0v) is 12.5. The Balaban J connectivity index is 2.51. The zero-order chi connectivity index (χ0) is 14.5. The van der Waals surface area contributed by atoms with E-state index in [2.05, 4.69) is 21.4 Å². The summed E-state index contributed by atoms with van der Waals surface area (Å²) >= 11 is 0. The standard InChI is InChI=1S/C15H27N5/c16-14-15(18-12-13-19-20-17)10-8-6-4-2-1-3-5-7-9-11-15/h18H,1-13H2. The van der Waals surface area contributed by atoms with Crippen LogP contribution in [0.3, 0.4) is 0 Å². The third kappa shape index (κ3) is 6.79. The number of rotatable bonds is 4. The highest BCUT2D eigenvalue weighted by Crippen LogP contribution is 2.24. The maximum atomic E-state index is 9.59. The summed E-state index contributed by atoms with van der Waals surface area (Å²) in [5, 5.41) is 16.5. The van der Waals surface area contributed by atoms with E-state index in [9.17, 15) is 5.26 Å². The second-order valence-corrected chi connectivity index (χ2v) is 5.76. The van der Waals surface area contributed by atoms with Gasteiger partial charge in [0.15, 0.2) is 0 Å². The van der Waals surface area contributed by atoms with Gasteiger partial charge >= 0.3 is 0 Å². The van der Waals surface area contributed by atoms with Crippen LogP contribution in [-0.2, 0) is 0 Å². The molecule has 1 saturated carbocycles. The number of hydrogen-bond acceptors (Lipinski definition) is 3. The Morgan fingerprint density at radius 2 is 1.50 bits per heavy atom. The minimum Gasteiger partial charge on any atom is -0.299 e. The highest BCUT2D eigenvalue weighted by atomic mass is 15.1. The minimum atomic E-state index is -0.413. The van der Waals surface area contributed by atoms with E-state index in [1.165, 1.54) is 44.9 Å². The predicted octanol–water partition coefficient (Wildman–Crippen LogP) is 4.45. The predicted molar refractivity (Wildman–Crippen MR) is 81.1 cm³/mol. The monoisotopic (exact) mass is 277 g/mol. The van der Waals surface area contributed by atoms with E-state index in [0.717, 1.165) is 25.7 Å². The first-order valence-corrected chi connectivity index (χ1v) is 8.00. The molecule has 1 fully saturated rings. The van der Waals surface area contributed by atoms with Crippen LogP contribution in [0.25, 0.3) is 10.4 Å². The van der Waals surface area contributed by atoms with Gasteiger partial charge in [0.05, 0.1) is 6.07 Å². The van der Waals surface area contributed by atoms with Crippen molar-refractivity contribution in [2.45, 2.75) is 76.2 Å². The molecule has 0 aromatic carbocycles.